The Bertz CT molecular complexity index is 547. The monoisotopic (exact) mass is 311 g/mol. The van der Waals surface area contributed by atoms with Gasteiger partial charge in [0, 0.05) is 14.1 Å². The van der Waals surface area contributed by atoms with Crippen LogP contribution in [0.3, 0.4) is 0 Å². The van der Waals surface area contributed by atoms with Gasteiger partial charge in [-0.15, -0.1) is 0 Å². The summed E-state index contributed by atoms with van der Waals surface area (Å²) in [5.41, 5.74) is 5.86. The average molecular weight is 311 g/mol. The van der Waals surface area contributed by atoms with Crippen molar-refractivity contribution in [2.75, 3.05) is 49.8 Å². The SMILES string of the molecule is CCOC(=O)CNc1nc(N(C)C)nc(C(=O)OCC)c1N. The van der Waals surface area contributed by atoms with Gasteiger partial charge in [-0.2, -0.15) is 4.98 Å². The van der Waals surface area contributed by atoms with Crippen molar-refractivity contribution in [1.29, 1.82) is 0 Å². The molecule has 0 aromatic carbocycles. The van der Waals surface area contributed by atoms with Crippen LogP contribution in [0.2, 0.25) is 0 Å². The molecule has 0 fully saturated rings. The predicted molar refractivity (Wildman–Crippen MR) is 81.9 cm³/mol. The molecule has 0 aliphatic heterocycles. The van der Waals surface area contributed by atoms with Crippen molar-refractivity contribution in [2.24, 2.45) is 0 Å². The highest BCUT2D eigenvalue weighted by Gasteiger charge is 2.20. The fraction of sp³-hybridized carbons (Fsp3) is 0.538. The molecule has 0 radical (unpaired) electrons. The Kier molecular flexibility index (Phi) is 6.36. The number of esters is 2. The number of ether oxygens (including phenoxy) is 2. The molecular formula is C13H21N5O4. The molecule has 0 amide bonds. The first kappa shape index (κ1) is 17.5. The number of rotatable bonds is 7. The van der Waals surface area contributed by atoms with Gasteiger partial charge in [-0.3, -0.25) is 4.79 Å². The van der Waals surface area contributed by atoms with Gasteiger partial charge >= 0.3 is 11.9 Å². The number of nitrogen functional groups attached to an aromatic ring is 1. The van der Waals surface area contributed by atoms with E-state index in [2.05, 4.69) is 15.3 Å². The van der Waals surface area contributed by atoms with Gasteiger partial charge in [0.25, 0.3) is 0 Å². The number of aromatic nitrogens is 2. The van der Waals surface area contributed by atoms with Gasteiger partial charge in [-0.1, -0.05) is 0 Å². The summed E-state index contributed by atoms with van der Waals surface area (Å²) in [5, 5.41) is 2.75. The quantitative estimate of drug-likeness (QED) is 0.684. The lowest BCUT2D eigenvalue weighted by molar-refractivity contribution is -0.140. The zero-order chi connectivity index (χ0) is 16.7. The molecule has 3 N–H and O–H groups in total. The van der Waals surface area contributed by atoms with Crippen LogP contribution in [0.1, 0.15) is 24.3 Å². The largest absolute Gasteiger partial charge is 0.465 e. The lowest BCUT2D eigenvalue weighted by atomic mass is 10.3. The van der Waals surface area contributed by atoms with Crippen LogP contribution in [0.4, 0.5) is 17.5 Å². The van der Waals surface area contributed by atoms with Crippen molar-refractivity contribution in [3.05, 3.63) is 5.69 Å². The molecule has 0 bridgehead atoms. The molecule has 22 heavy (non-hydrogen) atoms. The summed E-state index contributed by atoms with van der Waals surface area (Å²) < 4.78 is 9.73. The van der Waals surface area contributed by atoms with Crippen LogP contribution in [0.5, 0.6) is 0 Å². The Labute approximate surface area is 128 Å². The van der Waals surface area contributed by atoms with Gasteiger partial charge in [-0.25, -0.2) is 9.78 Å². The molecule has 1 aromatic rings. The lowest BCUT2D eigenvalue weighted by Gasteiger charge is -2.16. The third-order valence-electron chi connectivity index (χ3n) is 2.51. The van der Waals surface area contributed by atoms with Gasteiger partial charge < -0.3 is 25.4 Å². The van der Waals surface area contributed by atoms with E-state index in [4.69, 9.17) is 15.2 Å². The van der Waals surface area contributed by atoms with Crippen LogP contribution in [0, 0.1) is 0 Å². The minimum absolute atomic E-state index is 0.0216. The summed E-state index contributed by atoms with van der Waals surface area (Å²) in [6.07, 6.45) is 0. The van der Waals surface area contributed by atoms with Crippen molar-refractivity contribution in [1.82, 2.24) is 9.97 Å². The summed E-state index contributed by atoms with van der Waals surface area (Å²) in [5.74, 6) is -0.660. The van der Waals surface area contributed by atoms with Crippen LogP contribution in [-0.2, 0) is 14.3 Å². The highest BCUT2D eigenvalue weighted by atomic mass is 16.5. The van der Waals surface area contributed by atoms with E-state index in [0.29, 0.717) is 0 Å². The Balaban J connectivity index is 3.09. The number of hydrogen-bond acceptors (Lipinski definition) is 9. The summed E-state index contributed by atoms with van der Waals surface area (Å²) in [4.78, 5) is 33.2. The van der Waals surface area contributed by atoms with E-state index in [0.717, 1.165) is 0 Å². The number of anilines is 3. The number of hydrogen-bond donors (Lipinski definition) is 2. The predicted octanol–water partition coefficient (Wildman–Crippen LogP) is 0.277. The van der Waals surface area contributed by atoms with E-state index < -0.39 is 11.9 Å². The molecule has 0 atom stereocenters. The van der Waals surface area contributed by atoms with Crippen LogP contribution >= 0.6 is 0 Å². The third kappa shape index (κ3) is 4.47. The lowest BCUT2D eigenvalue weighted by Crippen LogP contribution is -2.22. The molecule has 1 heterocycles. The Morgan fingerprint density at radius 3 is 2.36 bits per heavy atom. The normalized spacial score (nSPS) is 10.0. The summed E-state index contributed by atoms with van der Waals surface area (Å²) in [6.45, 7) is 3.74. The topological polar surface area (TPSA) is 120 Å². The van der Waals surface area contributed by atoms with Crippen molar-refractivity contribution < 1.29 is 19.1 Å². The van der Waals surface area contributed by atoms with Gasteiger partial charge in [-0.05, 0) is 13.8 Å². The molecule has 122 valence electrons. The molecule has 9 nitrogen and oxygen atoms in total. The minimum atomic E-state index is -0.648. The first-order valence-electron chi connectivity index (χ1n) is 6.82. The number of carbonyl (C=O) groups excluding carboxylic acids is 2. The standard InChI is InChI=1S/C13H21N5O4/c1-5-21-8(19)7-15-11-9(14)10(12(20)22-6-2)16-13(17-11)18(3)4/h5-7,14H2,1-4H3,(H,15,16,17). The molecule has 0 unspecified atom stereocenters. The maximum absolute atomic E-state index is 11.9. The van der Waals surface area contributed by atoms with Crippen molar-refractivity contribution >= 4 is 29.4 Å². The maximum Gasteiger partial charge on any atom is 0.359 e. The molecule has 0 saturated heterocycles. The van der Waals surface area contributed by atoms with Crippen LogP contribution in [-0.4, -0.2) is 55.8 Å². The molecule has 9 heteroatoms. The van der Waals surface area contributed by atoms with E-state index in [1.165, 1.54) is 0 Å². The molecule has 0 saturated carbocycles. The molecular weight excluding hydrogens is 290 g/mol. The molecule has 0 aliphatic rings. The van der Waals surface area contributed by atoms with Crippen molar-refractivity contribution in [2.45, 2.75) is 13.8 Å². The van der Waals surface area contributed by atoms with E-state index in [1.54, 1.807) is 32.8 Å². The Morgan fingerprint density at radius 2 is 1.82 bits per heavy atom. The summed E-state index contributed by atoms with van der Waals surface area (Å²) in [7, 11) is 3.44. The van der Waals surface area contributed by atoms with E-state index >= 15 is 0 Å². The summed E-state index contributed by atoms with van der Waals surface area (Å²) >= 11 is 0. The molecule has 0 spiro atoms. The van der Waals surface area contributed by atoms with E-state index in [1.807, 2.05) is 0 Å². The van der Waals surface area contributed by atoms with Gasteiger partial charge in [0.1, 0.15) is 12.2 Å². The van der Waals surface area contributed by atoms with Gasteiger partial charge in [0.05, 0.1) is 13.2 Å². The second-order valence-electron chi connectivity index (χ2n) is 4.41. The van der Waals surface area contributed by atoms with Crippen LogP contribution < -0.4 is 16.0 Å². The van der Waals surface area contributed by atoms with E-state index in [-0.39, 0.29) is 42.9 Å². The number of nitrogens with two attached hydrogens (primary N) is 1. The maximum atomic E-state index is 11.9. The summed E-state index contributed by atoms with van der Waals surface area (Å²) in [6, 6.07) is 0. The zero-order valence-corrected chi connectivity index (χ0v) is 13.2. The fourth-order valence-electron chi connectivity index (χ4n) is 1.52. The number of nitrogens with one attached hydrogen (secondary N) is 1. The minimum Gasteiger partial charge on any atom is -0.465 e. The zero-order valence-electron chi connectivity index (χ0n) is 13.2. The fourth-order valence-corrected chi connectivity index (χ4v) is 1.52. The third-order valence-corrected chi connectivity index (χ3v) is 2.51. The second kappa shape index (κ2) is 8.01. The Morgan fingerprint density at radius 1 is 1.18 bits per heavy atom. The van der Waals surface area contributed by atoms with E-state index in [9.17, 15) is 9.59 Å². The van der Waals surface area contributed by atoms with Crippen molar-refractivity contribution in [3.8, 4) is 0 Å². The first-order valence-corrected chi connectivity index (χ1v) is 6.82. The van der Waals surface area contributed by atoms with Gasteiger partial charge in [0.2, 0.25) is 5.95 Å². The highest BCUT2D eigenvalue weighted by molar-refractivity contribution is 5.96. The smallest absolute Gasteiger partial charge is 0.359 e. The average Bonchev–Trinajstić information content (AvgIpc) is 2.46. The molecule has 1 rings (SSSR count). The Hall–Kier alpha value is -2.58. The van der Waals surface area contributed by atoms with Gasteiger partial charge in [0.15, 0.2) is 11.5 Å². The second-order valence-corrected chi connectivity index (χ2v) is 4.41. The number of nitrogens with zero attached hydrogens (tertiary/aromatic N) is 3. The molecule has 1 aromatic heterocycles. The van der Waals surface area contributed by atoms with Crippen LogP contribution in [0.25, 0.3) is 0 Å². The molecule has 0 aliphatic carbocycles. The number of carbonyl (C=O) groups is 2. The first-order chi connectivity index (χ1) is 10.4. The van der Waals surface area contributed by atoms with Crippen LogP contribution in [0.15, 0.2) is 0 Å². The van der Waals surface area contributed by atoms with Crippen molar-refractivity contribution in [3.63, 3.8) is 0 Å². The highest BCUT2D eigenvalue weighted by Crippen LogP contribution is 2.23.